The largest absolute Gasteiger partial charge is 1.00 e. The second kappa shape index (κ2) is 4.75. The number of hydrogen-bond donors (Lipinski definition) is 0. The Balaban J connectivity index is 0.00000112. The van der Waals surface area contributed by atoms with E-state index in [0.29, 0.717) is 6.42 Å². The Hall–Kier alpha value is 0.436. The molecule has 0 atom stereocenters. The van der Waals surface area contributed by atoms with E-state index >= 15 is 0 Å². The van der Waals surface area contributed by atoms with Gasteiger partial charge in [-0.25, -0.2) is 8.42 Å². The molecule has 0 saturated heterocycles. The zero-order valence-electron chi connectivity index (χ0n) is 8.52. The molecule has 0 fully saturated rings. The van der Waals surface area contributed by atoms with Gasteiger partial charge in [0, 0.05) is 12.1 Å². The van der Waals surface area contributed by atoms with E-state index in [4.69, 9.17) is 0 Å². The van der Waals surface area contributed by atoms with E-state index in [9.17, 15) is 13.0 Å². The van der Waals surface area contributed by atoms with E-state index < -0.39 is 10.1 Å². The summed E-state index contributed by atoms with van der Waals surface area (Å²) >= 11 is 0. The first kappa shape index (κ1) is 13.5. The predicted molar refractivity (Wildman–Crippen MR) is 50.9 cm³/mol. The SMILES string of the molecule is CC1=Nc2ccc(S(=O)(=O)[O-])cc2C1.[K+]. The van der Waals surface area contributed by atoms with E-state index in [1.165, 1.54) is 12.1 Å². The van der Waals surface area contributed by atoms with Crippen molar-refractivity contribution in [2.45, 2.75) is 18.2 Å². The van der Waals surface area contributed by atoms with Crippen LogP contribution >= 0.6 is 0 Å². The van der Waals surface area contributed by atoms with Crippen molar-refractivity contribution in [2.75, 3.05) is 0 Å². The topological polar surface area (TPSA) is 69.6 Å². The van der Waals surface area contributed by atoms with Gasteiger partial charge in [0.25, 0.3) is 0 Å². The maximum atomic E-state index is 10.7. The molecule has 6 heteroatoms. The van der Waals surface area contributed by atoms with Gasteiger partial charge >= 0.3 is 51.4 Å². The third-order valence-electron chi connectivity index (χ3n) is 2.10. The molecule has 0 unspecified atom stereocenters. The summed E-state index contributed by atoms with van der Waals surface area (Å²) < 4.78 is 32.2. The van der Waals surface area contributed by atoms with Gasteiger partial charge in [-0.3, -0.25) is 4.99 Å². The molecule has 0 amide bonds. The van der Waals surface area contributed by atoms with Gasteiger partial charge in [-0.15, -0.1) is 0 Å². The van der Waals surface area contributed by atoms with E-state index in [2.05, 4.69) is 4.99 Å². The van der Waals surface area contributed by atoms with Gasteiger partial charge in [0.1, 0.15) is 10.1 Å². The van der Waals surface area contributed by atoms with Crippen LogP contribution < -0.4 is 51.4 Å². The van der Waals surface area contributed by atoms with Crippen LogP contribution in [0.4, 0.5) is 5.69 Å². The number of aliphatic imine (C=N–C) groups is 1. The summed E-state index contributed by atoms with van der Waals surface area (Å²) in [5.41, 5.74) is 2.50. The molecule has 0 aromatic heterocycles. The van der Waals surface area contributed by atoms with Crippen LogP contribution in [-0.4, -0.2) is 18.7 Å². The number of hydrogen-bond acceptors (Lipinski definition) is 4. The summed E-state index contributed by atoms with van der Waals surface area (Å²) in [4.78, 5) is 4.02. The summed E-state index contributed by atoms with van der Waals surface area (Å²) in [5, 5.41) is 0. The third kappa shape index (κ3) is 2.97. The van der Waals surface area contributed by atoms with Crippen LogP contribution in [-0.2, 0) is 16.5 Å². The first-order chi connectivity index (χ1) is 6.47. The minimum atomic E-state index is -4.34. The van der Waals surface area contributed by atoms with Crippen molar-refractivity contribution in [2.24, 2.45) is 4.99 Å². The molecular weight excluding hydrogens is 241 g/mol. The second-order valence-corrected chi connectivity index (χ2v) is 4.65. The molecule has 0 aliphatic carbocycles. The predicted octanol–water partition coefficient (Wildman–Crippen LogP) is -1.76. The number of nitrogens with zero attached hydrogens (tertiary/aromatic N) is 1. The van der Waals surface area contributed by atoms with Gasteiger partial charge in [-0.2, -0.15) is 0 Å². The first-order valence-corrected chi connectivity index (χ1v) is 5.50. The summed E-state index contributed by atoms with van der Waals surface area (Å²) in [6.07, 6.45) is 0.624. The van der Waals surface area contributed by atoms with Crippen molar-refractivity contribution < 1.29 is 64.4 Å². The van der Waals surface area contributed by atoms with Gasteiger partial charge in [0.05, 0.1) is 10.6 Å². The quantitative estimate of drug-likeness (QED) is 0.437. The number of fused-ring (bicyclic) bond motifs is 1. The second-order valence-electron chi connectivity index (χ2n) is 3.27. The molecule has 15 heavy (non-hydrogen) atoms. The fourth-order valence-corrected chi connectivity index (χ4v) is 2.01. The summed E-state index contributed by atoms with van der Waals surface area (Å²) in [6, 6.07) is 4.26. The van der Waals surface area contributed by atoms with Crippen molar-refractivity contribution in [1.82, 2.24) is 0 Å². The molecule has 1 aliphatic rings. The van der Waals surface area contributed by atoms with Crippen molar-refractivity contribution in [1.29, 1.82) is 0 Å². The molecular formula is C9H8KNO3S. The van der Waals surface area contributed by atoms with Crippen molar-refractivity contribution in [3.05, 3.63) is 23.8 Å². The van der Waals surface area contributed by atoms with E-state index in [1.54, 1.807) is 6.07 Å². The van der Waals surface area contributed by atoms with E-state index in [0.717, 1.165) is 17.0 Å². The molecule has 0 spiro atoms. The number of benzene rings is 1. The van der Waals surface area contributed by atoms with Gasteiger partial charge in [-0.1, -0.05) is 0 Å². The fourth-order valence-electron chi connectivity index (χ4n) is 1.49. The Kier molecular flexibility index (Phi) is 4.27. The average molecular weight is 249 g/mol. The van der Waals surface area contributed by atoms with Crippen molar-refractivity contribution in [3.8, 4) is 0 Å². The zero-order valence-corrected chi connectivity index (χ0v) is 12.5. The molecule has 1 aromatic rings. The standard InChI is InChI=1S/C9H9NO3S.K/c1-6-4-7-5-8(14(11,12)13)2-3-9(7)10-6;/h2-3,5H,4H2,1H3,(H,11,12,13);/q;+1/p-1. The number of rotatable bonds is 1. The van der Waals surface area contributed by atoms with E-state index in [1.807, 2.05) is 6.92 Å². The Morgan fingerprint density at radius 2 is 2.07 bits per heavy atom. The maximum Gasteiger partial charge on any atom is 1.00 e. The Morgan fingerprint density at radius 3 is 2.67 bits per heavy atom. The summed E-state index contributed by atoms with van der Waals surface area (Å²) in [7, 11) is -4.34. The van der Waals surface area contributed by atoms with Gasteiger partial charge in [0.2, 0.25) is 0 Å². The molecule has 1 aromatic carbocycles. The monoisotopic (exact) mass is 249 g/mol. The van der Waals surface area contributed by atoms with Crippen LogP contribution in [0.25, 0.3) is 0 Å². The third-order valence-corrected chi connectivity index (χ3v) is 2.93. The minimum Gasteiger partial charge on any atom is -0.744 e. The van der Waals surface area contributed by atoms with Crippen LogP contribution in [0.1, 0.15) is 12.5 Å². The molecule has 0 radical (unpaired) electrons. The molecule has 0 N–H and O–H groups in total. The van der Waals surface area contributed by atoms with Gasteiger partial charge in [-0.05, 0) is 30.7 Å². The van der Waals surface area contributed by atoms with Crippen LogP contribution in [0.2, 0.25) is 0 Å². The Labute approximate surface area is 131 Å². The summed E-state index contributed by atoms with van der Waals surface area (Å²) in [6.45, 7) is 1.87. The van der Waals surface area contributed by atoms with Crippen LogP contribution in [0.15, 0.2) is 28.1 Å². The zero-order chi connectivity index (χ0) is 10.3. The van der Waals surface area contributed by atoms with Gasteiger partial charge < -0.3 is 4.55 Å². The molecule has 0 saturated carbocycles. The molecule has 1 aliphatic heterocycles. The first-order valence-electron chi connectivity index (χ1n) is 4.10. The molecule has 2 rings (SSSR count). The molecule has 0 bridgehead atoms. The summed E-state index contributed by atoms with van der Waals surface area (Å²) in [5.74, 6) is 0. The van der Waals surface area contributed by atoms with E-state index in [-0.39, 0.29) is 56.3 Å². The minimum absolute atomic E-state index is 0. The normalized spacial score (nSPS) is 14.1. The Morgan fingerprint density at radius 1 is 1.40 bits per heavy atom. The molecule has 74 valence electrons. The smallest absolute Gasteiger partial charge is 0.744 e. The maximum absolute atomic E-state index is 10.7. The van der Waals surface area contributed by atoms with Crippen LogP contribution in [0, 0.1) is 0 Å². The van der Waals surface area contributed by atoms with Crippen LogP contribution in [0.3, 0.4) is 0 Å². The van der Waals surface area contributed by atoms with Gasteiger partial charge in [0.15, 0.2) is 0 Å². The fraction of sp³-hybridized carbons (Fsp3) is 0.222. The molecule has 4 nitrogen and oxygen atoms in total. The van der Waals surface area contributed by atoms with Crippen molar-refractivity contribution in [3.63, 3.8) is 0 Å². The molecule has 1 heterocycles. The van der Waals surface area contributed by atoms with Crippen molar-refractivity contribution >= 4 is 21.5 Å². The Bertz CT molecular complexity index is 522. The average Bonchev–Trinajstić information content (AvgIpc) is 2.41. The van der Waals surface area contributed by atoms with Crippen LogP contribution in [0.5, 0.6) is 0 Å².